The van der Waals surface area contributed by atoms with E-state index in [1.54, 1.807) is 0 Å². The standard InChI is InChI=1S/C18H27N3O2S.ClH/c1-12-6-8-15(9-7-12)20-17(22)11-24-14(3)18(23)21-16-5-4-10-19-13(16)2;/h6-9,13-14,16,19H,4-5,10-11H2,1-3H3,(H,20,22)(H,21,23);1H. The molecule has 1 aliphatic rings. The molecule has 0 spiro atoms. The summed E-state index contributed by atoms with van der Waals surface area (Å²) in [5.41, 5.74) is 1.93. The number of amides is 2. The molecule has 1 aliphatic heterocycles. The molecule has 3 N–H and O–H groups in total. The first kappa shape index (κ1) is 21.8. The summed E-state index contributed by atoms with van der Waals surface area (Å²) in [5.74, 6) is 0.181. The Morgan fingerprint density at radius 1 is 1.32 bits per heavy atom. The molecule has 1 saturated heterocycles. The fourth-order valence-electron chi connectivity index (χ4n) is 2.65. The van der Waals surface area contributed by atoms with Crippen molar-refractivity contribution in [2.45, 2.75) is 50.9 Å². The Hall–Kier alpha value is -1.24. The molecule has 0 saturated carbocycles. The van der Waals surface area contributed by atoms with Crippen molar-refractivity contribution in [2.24, 2.45) is 0 Å². The number of anilines is 1. The zero-order valence-electron chi connectivity index (χ0n) is 15.0. The van der Waals surface area contributed by atoms with Crippen LogP contribution in [-0.2, 0) is 9.59 Å². The number of piperidine rings is 1. The van der Waals surface area contributed by atoms with E-state index in [1.807, 2.05) is 38.1 Å². The SMILES string of the molecule is Cc1ccc(NC(=O)CSC(C)C(=O)NC2CCCNC2C)cc1.Cl. The van der Waals surface area contributed by atoms with Crippen LogP contribution >= 0.6 is 24.2 Å². The van der Waals surface area contributed by atoms with Gasteiger partial charge in [0, 0.05) is 17.8 Å². The summed E-state index contributed by atoms with van der Waals surface area (Å²) in [6, 6.07) is 8.15. The summed E-state index contributed by atoms with van der Waals surface area (Å²) in [6.07, 6.45) is 2.08. The molecule has 1 fully saturated rings. The minimum atomic E-state index is -0.247. The Kier molecular flexibility index (Phi) is 9.32. The van der Waals surface area contributed by atoms with Gasteiger partial charge >= 0.3 is 0 Å². The van der Waals surface area contributed by atoms with E-state index < -0.39 is 0 Å². The Morgan fingerprint density at radius 2 is 2.00 bits per heavy atom. The maximum absolute atomic E-state index is 12.3. The lowest BCUT2D eigenvalue weighted by Gasteiger charge is -2.31. The van der Waals surface area contributed by atoms with Crippen LogP contribution < -0.4 is 16.0 Å². The third-order valence-corrected chi connectivity index (χ3v) is 5.40. The first-order valence-corrected chi connectivity index (χ1v) is 9.52. The second-order valence-electron chi connectivity index (χ2n) is 6.37. The Labute approximate surface area is 160 Å². The predicted octanol–water partition coefficient (Wildman–Crippen LogP) is 2.73. The third-order valence-electron chi connectivity index (χ3n) is 4.26. The average Bonchev–Trinajstić information content (AvgIpc) is 2.56. The number of rotatable bonds is 6. The molecule has 0 radical (unpaired) electrons. The smallest absolute Gasteiger partial charge is 0.234 e. The summed E-state index contributed by atoms with van der Waals surface area (Å²) in [5, 5.41) is 9.07. The average molecular weight is 386 g/mol. The fraction of sp³-hybridized carbons (Fsp3) is 0.556. The highest BCUT2D eigenvalue weighted by atomic mass is 35.5. The minimum absolute atomic E-state index is 0. The van der Waals surface area contributed by atoms with Crippen molar-refractivity contribution in [2.75, 3.05) is 17.6 Å². The van der Waals surface area contributed by atoms with Gasteiger partial charge in [0.1, 0.15) is 0 Å². The zero-order chi connectivity index (χ0) is 17.5. The molecule has 2 amide bonds. The fourth-order valence-corrected chi connectivity index (χ4v) is 3.34. The van der Waals surface area contributed by atoms with Crippen LogP contribution in [0.15, 0.2) is 24.3 Å². The van der Waals surface area contributed by atoms with E-state index in [1.165, 1.54) is 11.8 Å². The quantitative estimate of drug-likeness (QED) is 0.704. The van der Waals surface area contributed by atoms with E-state index in [0.717, 1.165) is 30.6 Å². The number of nitrogens with one attached hydrogen (secondary N) is 3. The Balaban J connectivity index is 0.00000312. The van der Waals surface area contributed by atoms with Crippen LogP contribution in [0.2, 0.25) is 0 Å². The first-order valence-electron chi connectivity index (χ1n) is 8.47. The van der Waals surface area contributed by atoms with Gasteiger partial charge in [0.2, 0.25) is 11.8 Å². The number of hydrogen-bond acceptors (Lipinski definition) is 4. The molecule has 5 nitrogen and oxygen atoms in total. The van der Waals surface area contributed by atoms with E-state index in [4.69, 9.17) is 0 Å². The first-order chi connectivity index (χ1) is 11.5. The van der Waals surface area contributed by atoms with Crippen molar-refractivity contribution in [3.8, 4) is 0 Å². The van der Waals surface area contributed by atoms with Crippen molar-refractivity contribution in [3.05, 3.63) is 29.8 Å². The van der Waals surface area contributed by atoms with Gasteiger partial charge in [0.25, 0.3) is 0 Å². The van der Waals surface area contributed by atoms with Crippen LogP contribution in [0.25, 0.3) is 0 Å². The number of aryl methyl sites for hydroxylation is 1. The molecule has 25 heavy (non-hydrogen) atoms. The van der Waals surface area contributed by atoms with Gasteiger partial charge in [-0.2, -0.15) is 0 Å². The second kappa shape index (κ2) is 10.7. The van der Waals surface area contributed by atoms with Crippen LogP contribution in [0.5, 0.6) is 0 Å². The van der Waals surface area contributed by atoms with Crippen LogP contribution in [0.4, 0.5) is 5.69 Å². The van der Waals surface area contributed by atoms with Crippen molar-refractivity contribution in [1.82, 2.24) is 10.6 Å². The normalized spacial score (nSPS) is 20.9. The molecule has 1 aromatic carbocycles. The molecule has 0 aromatic heterocycles. The second-order valence-corrected chi connectivity index (χ2v) is 7.70. The van der Waals surface area contributed by atoms with Crippen molar-refractivity contribution >= 4 is 41.7 Å². The summed E-state index contributed by atoms with van der Waals surface area (Å²) in [4.78, 5) is 24.3. The summed E-state index contributed by atoms with van der Waals surface area (Å²) >= 11 is 1.36. The lowest BCUT2D eigenvalue weighted by Crippen LogP contribution is -2.53. The van der Waals surface area contributed by atoms with Crippen LogP contribution in [0, 0.1) is 6.92 Å². The van der Waals surface area contributed by atoms with Gasteiger partial charge in [-0.15, -0.1) is 24.2 Å². The Bertz CT molecular complexity index is 568. The molecule has 0 bridgehead atoms. The molecule has 7 heteroatoms. The van der Waals surface area contributed by atoms with Gasteiger partial charge in [0.15, 0.2) is 0 Å². The van der Waals surface area contributed by atoms with E-state index in [0.29, 0.717) is 6.04 Å². The van der Waals surface area contributed by atoms with Crippen molar-refractivity contribution < 1.29 is 9.59 Å². The van der Waals surface area contributed by atoms with Crippen molar-refractivity contribution in [1.29, 1.82) is 0 Å². The number of halogens is 1. The predicted molar refractivity (Wildman–Crippen MR) is 108 cm³/mol. The summed E-state index contributed by atoms with van der Waals surface area (Å²) < 4.78 is 0. The van der Waals surface area contributed by atoms with Crippen LogP contribution in [-0.4, -0.2) is 41.4 Å². The molecule has 1 aromatic rings. The molecule has 0 aliphatic carbocycles. The molecular weight excluding hydrogens is 358 g/mol. The molecule has 3 unspecified atom stereocenters. The molecule has 140 valence electrons. The number of carbonyl (C=O) groups excluding carboxylic acids is 2. The van der Waals surface area contributed by atoms with E-state index in [2.05, 4.69) is 22.9 Å². The minimum Gasteiger partial charge on any atom is -0.351 e. The third kappa shape index (κ3) is 7.26. The highest BCUT2D eigenvalue weighted by Crippen LogP contribution is 2.15. The Morgan fingerprint density at radius 3 is 2.64 bits per heavy atom. The lowest BCUT2D eigenvalue weighted by molar-refractivity contribution is -0.121. The molecule has 1 heterocycles. The molecule has 3 atom stereocenters. The van der Waals surface area contributed by atoms with Gasteiger partial charge in [-0.3, -0.25) is 9.59 Å². The van der Waals surface area contributed by atoms with Gasteiger partial charge in [0.05, 0.1) is 11.0 Å². The maximum Gasteiger partial charge on any atom is 0.234 e. The molecular formula is C18H28ClN3O2S. The maximum atomic E-state index is 12.3. The highest BCUT2D eigenvalue weighted by molar-refractivity contribution is 8.01. The van der Waals surface area contributed by atoms with Gasteiger partial charge in [-0.1, -0.05) is 17.7 Å². The van der Waals surface area contributed by atoms with E-state index >= 15 is 0 Å². The van der Waals surface area contributed by atoms with E-state index in [-0.39, 0.29) is 41.3 Å². The largest absolute Gasteiger partial charge is 0.351 e. The van der Waals surface area contributed by atoms with Crippen LogP contribution in [0.3, 0.4) is 0 Å². The number of benzene rings is 1. The van der Waals surface area contributed by atoms with Gasteiger partial charge in [-0.05, 0) is 52.3 Å². The zero-order valence-corrected chi connectivity index (χ0v) is 16.6. The van der Waals surface area contributed by atoms with Crippen molar-refractivity contribution in [3.63, 3.8) is 0 Å². The topological polar surface area (TPSA) is 70.2 Å². The number of hydrogen-bond donors (Lipinski definition) is 3. The van der Waals surface area contributed by atoms with Gasteiger partial charge < -0.3 is 16.0 Å². The van der Waals surface area contributed by atoms with E-state index in [9.17, 15) is 9.59 Å². The summed E-state index contributed by atoms with van der Waals surface area (Å²) in [6.45, 7) is 6.96. The molecule has 2 rings (SSSR count). The lowest BCUT2D eigenvalue weighted by atomic mass is 10.00. The van der Waals surface area contributed by atoms with Gasteiger partial charge in [-0.25, -0.2) is 0 Å². The number of thioether (sulfide) groups is 1. The highest BCUT2D eigenvalue weighted by Gasteiger charge is 2.24. The summed E-state index contributed by atoms with van der Waals surface area (Å²) in [7, 11) is 0. The van der Waals surface area contributed by atoms with Crippen LogP contribution in [0.1, 0.15) is 32.3 Å². The monoisotopic (exact) mass is 385 g/mol. The number of carbonyl (C=O) groups is 2.